The van der Waals surface area contributed by atoms with Crippen LogP contribution in [0.25, 0.3) is 0 Å². The highest BCUT2D eigenvalue weighted by atomic mass is 79.9. The Balaban J connectivity index is 2.34. The normalized spacial score (nSPS) is 10.9. The molecule has 0 aliphatic carbocycles. The van der Waals surface area contributed by atoms with Gasteiger partial charge in [-0.2, -0.15) is 0 Å². The van der Waals surface area contributed by atoms with E-state index in [-0.39, 0.29) is 11.4 Å². The minimum absolute atomic E-state index is 0.00332. The molecule has 0 aromatic heterocycles. The van der Waals surface area contributed by atoms with Crippen molar-refractivity contribution in [1.29, 1.82) is 0 Å². The van der Waals surface area contributed by atoms with Gasteiger partial charge in [-0.15, -0.1) is 0 Å². The lowest BCUT2D eigenvalue weighted by Gasteiger charge is -2.02. The zero-order chi connectivity index (χ0) is 14.7. The van der Waals surface area contributed by atoms with Crippen LogP contribution in [0.5, 0.6) is 5.75 Å². The summed E-state index contributed by atoms with van der Waals surface area (Å²) in [5.74, 6) is 0.00332. The summed E-state index contributed by atoms with van der Waals surface area (Å²) in [7, 11) is 0. The molecule has 7 heteroatoms. The van der Waals surface area contributed by atoms with E-state index < -0.39 is 4.92 Å². The van der Waals surface area contributed by atoms with Gasteiger partial charge in [-0.1, -0.05) is 17.7 Å². The Morgan fingerprint density at radius 3 is 2.80 bits per heavy atom. The van der Waals surface area contributed by atoms with Gasteiger partial charge in [-0.05, 0) is 34.1 Å². The van der Waals surface area contributed by atoms with Gasteiger partial charge in [0.2, 0.25) is 0 Å². The molecule has 0 saturated carbocycles. The molecule has 20 heavy (non-hydrogen) atoms. The van der Waals surface area contributed by atoms with Crippen molar-refractivity contribution in [2.45, 2.75) is 0 Å². The van der Waals surface area contributed by atoms with E-state index in [9.17, 15) is 15.2 Å². The van der Waals surface area contributed by atoms with E-state index in [0.717, 1.165) is 0 Å². The van der Waals surface area contributed by atoms with Gasteiger partial charge < -0.3 is 5.11 Å². The highest BCUT2D eigenvalue weighted by molar-refractivity contribution is 9.10. The van der Waals surface area contributed by atoms with Gasteiger partial charge in [0.05, 0.1) is 15.1 Å². The van der Waals surface area contributed by atoms with Crippen LogP contribution in [0.3, 0.4) is 0 Å². The molecule has 2 aromatic rings. The fourth-order valence-electron chi connectivity index (χ4n) is 1.52. The molecule has 0 unspecified atom stereocenters. The van der Waals surface area contributed by atoms with Crippen LogP contribution in [0, 0.1) is 10.1 Å². The largest absolute Gasteiger partial charge is 0.506 e. The maximum Gasteiger partial charge on any atom is 0.271 e. The summed E-state index contributed by atoms with van der Waals surface area (Å²) in [5.41, 5.74) is 0.779. The Morgan fingerprint density at radius 1 is 1.35 bits per heavy atom. The van der Waals surface area contributed by atoms with Crippen LogP contribution in [0.4, 0.5) is 11.4 Å². The summed E-state index contributed by atoms with van der Waals surface area (Å²) in [4.78, 5) is 14.3. The van der Waals surface area contributed by atoms with Crippen LogP contribution in [0.2, 0.25) is 5.02 Å². The first-order chi connectivity index (χ1) is 9.47. The van der Waals surface area contributed by atoms with Crippen LogP contribution in [-0.4, -0.2) is 16.2 Å². The van der Waals surface area contributed by atoms with Crippen molar-refractivity contribution < 1.29 is 10.0 Å². The first kappa shape index (κ1) is 14.5. The van der Waals surface area contributed by atoms with Crippen LogP contribution in [-0.2, 0) is 0 Å². The standard InChI is InChI=1S/C13H8BrClN2O3/c14-12-5-9(15)4-8(13(12)18)7-16-10-2-1-3-11(6-10)17(19)20/h1-7,18H. The van der Waals surface area contributed by atoms with Crippen molar-refractivity contribution in [3.8, 4) is 5.75 Å². The predicted molar refractivity (Wildman–Crippen MR) is 81.2 cm³/mol. The number of hydrogen-bond acceptors (Lipinski definition) is 4. The summed E-state index contributed by atoms with van der Waals surface area (Å²) >= 11 is 9.05. The number of phenolic OH excluding ortho intramolecular Hbond substituents is 1. The molecule has 2 rings (SSSR count). The van der Waals surface area contributed by atoms with Gasteiger partial charge >= 0.3 is 0 Å². The van der Waals surface area contributed by atoms with Gasteiger partial charge in [-0.25, -0.2) is 0 Å². The highest BCUT2D eigenvalue weighted by Gasteiger charge is 2.07. The van der Waals surface area contributed by atoms with Crippen molar-refractivity contribution >= 4 is 45.1 Å². The first-order valence-electron chi connectivity index (χ1n) is 5.44. The molecule has 0 fully saturated rings. The number of aliphatic imine (C=N–C) groups is 1. The van der Waals surface area contributed by atoms with E-state index in [1.54, 1.807) is 24.3 Å². The zero-order valence-electron chi connectivity index (χ0n) is 9.96. The van der Waals surface area contributed by atoms with E-state index in [1.165, 1.54) is 18.3 Å². The third-order valence-corrected chi connectivity index (χ3v) is 3.27. The molecule has 2 aromatic carbocycles. The summed E-state index contributed by atoms with van der Waals surface area (Å²) in [6.45, 7) is 0. The molecule has 0 heterocycles. The van der Waals surface area contributed by atoms with Crippen LogP contribution in [0.15, 0.2) is 45.9 Å². The maximum absolute atomic E-state index is 10.7. The Labute approximate surface area is 127 Å². The van der Waals surface area contributed by atoms with Crippen molar-refractivity contribution in [3.05, 3.63) is 61.6 Å². The Morgan fingerprint density at radius 2 is 2.10 bits per heavy atom. The molecule has 0 amide bonds. The number of nitro groups is 1. The second-order valence-corrected chi connectivity index (χ2v) is 5.15. The lowest BCUT2D eigenvalue weighted by atomic mass is 10.2. The summed E-state index contributed by atoms with van der Waals surface area (Å²) in [6.07, 6.45) is 1.39. The topological polar surface area (TPSA) is 75.7 Å². The molecule has 102 valence electrons. The molecule has 0 spiro atoms. The Kier molecular flexibility index (Phi) is 4.36. The number of rotatable bonds is 3. The Hall–Kier alpha value is -1.92. The third-order valence-electron chi connectivity index (χ3n) is 2.45. The number of aromatic hydroxyl groups is 1. The van der Waals surface area contributed by atoms with E-state index in [2.05, 4.69) is 20.9 Å². The quantitative estimate of drug-likeness (QED) is 0.501. The number of nitro benzene ring substituents is 1. The van der Waals surface area contributed by atoms with Crippen molar-refractivity contribution in [2.75, 3.05) is 0 Å². The molecule has 0 aliphatic heterocycles. The number of phenols is 1. The zero-order valence-corrected chi connectivity index (χ0v) is 12.3. The molecular formula is C13H8BrClN2O3. The van der Waals surface area contributed by atoms with Gasteiger partial charge in [-0.3, -0.25) is 15.1 Å². The molecule has 5 nitrogen and oxygen atoms in total. The number of hydrogen-bond donors (Lipinski definition) is 1. The summed E-state index contributed by atoms with van der Waals surface area (Å²) in [5, 5.41) is 20.9. The molecule has 0 saturated heterocycles. The average molecular weight is 356 g/mol. The smallest absolute Gasteiger partial charge is 0.271 e. The minimum atomic E-state index is -0.494. The fraction of sp³-hybridized carbons (Fsp3) is 0. The molecule has 0 radical (unpaired) electrons. The van der Waals surface area contributed by atoms with Crippen LogP contribution >= 0.6 is 27.5 Å². The van der Waals surface area contributed by atoms with E-state index in [1.807, 2.05) is 0 Å². The Bertz CT molecular complexity index is 704. The number of non-ortho nitro benzene ring substituents is 1. The summed E-state index contributed by atoms with van der Waals surface area (Å²) in [6, 6.07) is 8.99. The fourth-order valence-corrected chi connectivity index (χ4v) is 2.35. The second kappa shape index (κ2) is 6.02. The highest BCUT2D eigenvalue weighted by Crippen LogP contribution is 2.31. The maximum atomic E-state index is 10.7. The number of nitrogens with zero attached hydrogens (tertiary/aromatic N) is 2. The molecular weight excluding hydrogens is 348 g/mol. The lowest BCUT2D eigenvalue weighted by molar-refractivity contribution is -0.384. The van der Waals surface area contributed by atoms with Gasteiger partial charge in [0.15, 0.2) is 0 Å². The first-order valence-corrected chi connectivity index (χ1v) is 6.61. The summed E-state index contributed by atoms with van der Waals surface area (Å²) < 4.78 is 0.450. The molecule has 0 aliphatic rings. The lowest BCUT2D eigenvalue weighted by Crippen LogP contribution is -1.87. The SMILES string of the molecule is O=[N+]([O-])c1cccc(N=Cc2cc(Cl)cc(Br)c2O)c1. The van der Waals surface area contributed by atoms with Gasteiger partial charge in [0.25, 0.3) is 5.69 Å². The second-order valence-electron chi connectivity index (χ2n) is 3.86. The van der Waals surface area contributed by atoms with Crippen LogP contribution < -0.4 is 0 Å². The monoisotopic (exact) mass is 354 g/mol. The molecule has 1 N–H and O–H groups in total. The molecule has 0 atom stereocenters. The average Bonchev–Trinajstić information content (AvgIpc) is 2.41. The van der Waals surface area contributed by atoms with Crippen molar-refractivity contribution in [3.63, 3.8) is 0 Å². The van der Waals surface area contributed by atoms with Gasteiger partial charge in [0, 0.05) is 28.9 Å². The van der Waals surface area contributed by atoms with Gasteiger partial charge in [0.1, 0.15) is 5.75 Å². The third kappa shape index (κ3) is 3.34. The van der Waals surface area contributed by atoms with Crippen molar-refractivity contribution in [1.82, 2.24) is 0 Å². The van der Waals surface area contributed by atoms with E-state index in [4.69, 9.17) is 11.6 Å². The minimum Gasteiger partial charge on any atom is -0.506 e. The molecule has 0 bridgehead atoms. The predicted octanol–water partition coefficient (Wildman–Crippen LogP) is 4.47. The number of benzene rings is 2. The van der Waals surface area contributed by atoms with Crippen LogP contribution in [0.1, 0.15) is 5.56 Å². The van der Waals surface area contributed by atoms with E-state index in [0.29, 0.717) is 20.7 Å². The van der Waals surface area contributed by atoms with E-state index >= 15 is 0 Å². The van der Waals surface area contributed by atoms with Crippen molar-refractivity contribution in [2.24, 2.45) is 4.99 Å². The number of halogens is 2.